The highest BCUT2D eigenvalue weighted by Crippen LogP contribution is 2.46. The number of fused-ring (bicyclic) bond motifs is 3. The summed E-state index contributed by atoms with van der Waals surface area (Å²) in [5, 5.41) is 0. The van der Waals surface area contributed by atoms with Crippen molar-refractivity contribution < 1.29 is 0 Å². The van der Waals surface area contributed by atoms with E-state index in [1.807, 2.05) is 0 Å². The van der Waals surface area contributed by atoms with Gasteiger partial charge in [0.05, 0.1) is 6.04 Å². The van der Waals surface area contributed by atoms with Crippen LogP contribution >= 0.6 is 0 Å². The van der Waals surface area contributed by atoms with Crippen molar-refractivity contribution in [3.8, 4) is 11.1 Å². The Hall–Kier alpha value is -1.60. The van der Waals surface area contributed by atoms with E-state index in [0.29, 0.717) is 0 Å². The van der Waals surface area contributed by atoms with Crippen molar-refractivity contribution in [3.63, 3.8) is 0 Å². The highest BCUT2D eigenvalue weighted by molar-refractivity contribution is 5.84. The first-order valence-corrected chi connectivity index (χ1v) is 6.07. The molecule has 1 heteroatoms. The summed E-state index contributed by atoms with van der Waals surface area (Å²) < 4.78 is 0. The normalized spacial score (nSPS) is 16.8. The zero-order chi connectivity index (χ0) is 12.2. The minimum Gasteiger partial charge on any atom is -0.320 e. The number of aryl methyl sites for hydroxylation is 2. The molecule has 0 saturated carbocycles. The second kappa shape index (κ2) is 3.44. The predicted octanol–water partition coefficient (Wildman–Crippen LogP) is 3.64. The Morgan fingerprint density at radius 1 is 0.824 bits per heavy atom. The van der Waals surface area contributed by atoms with Crippen LogP contribution in [0.3, 0.4) is 0 Å². The van der Waals surface area contributed by atoms with Gasteiger partial charge in [0, 0.05) is 0 Å². The van der Waals surface area contributed by atoms with Crippen molar-refractivity contribution in [2.75, 3.05) is 0 Å². The van der Waals surface area contributed by atoms with Crippen LogP contribution in [0.2, 0.25) is 0 Å². The van der Waals surface area contributed by atoms with Gasteiger partial charge in [0.15, 0.2) is 0 Å². The summed E-state index contributed by atoms with van der Waals surface area (Å²) in [6, 6.07) is 10.8. The molecule has 86 valence electrons. The first kappa shape index (κ1) is 10.5. The van der Waals surface area contributed by atoms with Gasteiger partial charge in [0.2, 0.25) is 0 Å². The molecular formula is C16H17N. The van der Waals surface area contributed by atoms with E-state index in [0.717, 1.165) is 0 Å². The van der Waals surface area contributed by atoms with E-state index < -0.39 is 0 Å². The van der Waals surface area contributed by atoms with E-state index >= 15 is 0 Å². The molecule has 3 rings (SSSR count). The lowest BCUT2D eigenvalue weighted by Crippen LogP contribution is -2.08. The molecular weight excluding hydrogens is 206 g/mol. The zero-order valence-electron chi connectivity index (χ0n) is 10.5. The molecule has 0 radical (unpaired) electrons. The minimum atomic E-state index is 0.0409. The van der Waals surface area contributed by atoms with E-state index in [-0.39, 0.29) is 6.04 Å². The Morgan fingerprint density at radius 2 is 1.53 bits per heavy atom. The van der Waals surface area contributed by atoms with Crippen LogP contribution in [0.15, 0.2) is 30.3 Å². The average molecular weight is 223 g/mol. The fourth-order valence-corrected chi connectivity index (χ4v) is 2.89. The molecule has 0 spiro atoms. The topological polar surface area (TPSA) is 26.0 Å². The van der Waals surface area contributed by atoms with Crippen LogP contribution in [-0.2, 0) is 0 Å². The summed E-state index contributed by atoms with van der Waals surface area (Å²) >= 11 is 0. The molecule has 0 amide bonds. The predicted molar refractivity (Wildman–Crippen MR) is 72.1 cm³/mol. The SMILES string of the molecule is Cc1ccc2c(c1C)-c1c(C)cccc1C2N. The average Bonchev–Trinajstić information content (AvgIpc) is 2.60. The lowest BCUT2D eigenvalue weighted by atomic mass is 9.94. The quantitative estimate of drug-likeness (QED) is 0.725. The molecule has 1 unspecified atom stereocenters. The number of nitrogens with two attached hydrogens (primary N) is 1. The van der Waals surface area contributed by atoms with Crippen molar-refractivity contribution in [2.24, 2.45) is 5.73 Å². The molecule has 2 aromatic carbocycles. The monoisotopic (exact) mass is 223 g/mol. The maximum Gasteiger partial charge on any atom is 0.0564 e. The van der Waals surface area contributed by atoms with Gasteiger partial charge in [-0.3, -0.25) is 0 Å². The molecule has 17 heavy (non-hydrogen) atoms. The Morgan fingerprint density at radius 3 is 2.29 bits per heavy atom. The fraction of sp³-hybridized carbons (Fsp3) is 0.250. The van der Waals surface area contributed by atoms with Gasteiger partial charge < -0.3 is 5.73 Å². The van der Waals surface area contributed by atoms with Crippen molar-refractivity contribution in [1.29, 1.82) is 0 Å². The van der Waals surface area contributed by atoms with Crippen LogP contribution in [0, 0.1) is 20.8 Å². The highest BCUT2D eigenvalue weighted by Gasteiger charge is 2.28. The van der Waals surface area contributed by atoms with Gasteiger partial charge in [-0.1, -0.05) is 30.3 Å². The molecule has 1 nitrogen and oxygen atoms in total. The van der Waals surface area contributed by atoms with Crippen LogP contribution in [0.5, 0.6) is 0 Å². The van der Waals surface area contributed by atoms with Crippen LogP contribution in [0.25, 0.3) is 11.1 Å². The molecule has 0 bridgehead atoms. The molecule has 0 fully saturated rings. The standard InChI is InChI=1S/C16H17N/c1-9-7-8-13-15(11(9)3)14-10(2)5-4-6-12(14)16(13)17/h4-8,16H,17H2,1-3H3. The molecule has 0 saturated heterocycles. The first-order valence-electron chi connectivity index (χ1n) is 6.07. The van der Waals surface area contributed by atoms with Gasteiger partial charge in [-0.15, -0.1) is 0 Å². The van der Waals surface area contributed by atoms with Crippen LogP contribution < -0.4 is 5.73 Å². The smallest absolute Gasteiger partial charge is 0.0564 e. The summed E-state index contributed by atoms with van der Waals surface area (Å²) in [5.41, 5.74) is 15.6. The van der Waals surface area contributed by atoms with Gasteiger partial charge in [-0.2, -0.15) is 0 Å². The largest absolute Gasteiger partial charge is 0.320 e. The number of hydrogen-bond donors (Lipinski definition) is 1. The van der Waals surface area contributed by atoms with Crippen molar-refractivity contribution in [3.05, 3.63) is 58.1 Å². The summed E-state index contributed by atoms with van der Waals surface area (Å²) in [5.74, 6) is 0. The summed E-state index contributed by atoms with van der Waals surface area (Å²) in [7, 11) is 0. The van der Waals surface area contributed by atoms with Crippen LogP contribution in [0.4, 0.5) is 0 Å². The maximum absolute atomic E-state index is 6.35. The van der Waals surface area contributed by atoms with E-state index in [1.165, 1.54) is 38.9 Å². The second-order valence-electron chi connectivity index (χ2n) is 4.99. The Labute approximate surface area is 102 Å². The van der Waals surface area contributed by atoms with E-state index in [9.17, 15) is 0 Å². The van der Waals surface area contributed by atoms with Crippen molar-refractivity contribution in [1.82, 2.24) is 0 Å². The third-order valence-corrected chi connectivity index (χ3v) is 3.99. The maximum atomic E-state index is 6.35. The third-order valence-electron chi connectivity index (χ3n) is 3.99. The fourth-order valence-electron chi connectivity index (χ4n) is 2.89. The minimum absolute atomic E-state index is 0.0409. The Balaban J connectivity index is 2.44. The summed E-state index contributed by atoms with van der Waals surface area (Å²) in [4.78, 5) is 0. The Bertz CT molecular complexity index is 611. The van der Waals surface area contributed by atoms with Gasteiger partial charge in [-0.05, 0) is 59.7 Å². The molecule has 1 aliphatic carbocycles. The lowest BCUT2D eigenvalue weighted by molar-refractivity contribution is 0.899. The van der Waals surface area contributed by atoms with Gasteiger partial charge >= 0.3 is 0 Å². The zero-order valence-corrected chi connectivity index (χ0v) is 10.5. The molecule has 1 aliphatic rings. The van der Waals surface area contributed by atoms with Gasteiger partial charge in [0.25, 0.3) is 0 Å². The molecule has 0 aromatic heterocycles. The third kappa shape index (κ3) is 1.29. The van der Waals surface area contributed by atoms with E-state index in [4.69, 9.17) is 5.73 Å². The van der Waals surface area contributed by atoms with E-state index in [2.05, 4.69) is 51.1 Å². The molecule has 1 atom stereocenters. The van der Waals surface area contributed by atoms with Gasteiger partial charge in [0.1, 0.15) is 0 Å². The van der Waals surface area contributed by atoms with E-state index in [1.54, 1.807) is 0 Å². The van der Waals surface area contributed by atoms with Crippen molar-refractivity contribution in [2.45, 2.75) is 26.8 Å². The first-order chi connectivity index (χ1) is 8.11. The lowest BCUT2D eigenvalue weighted by Gasteiger charge is -2.10. The second-order valence-corrected chi connectivity index (χ2v) is 4.99. The Kier molecular flexibility index (Phi) is 2.14. The highest BCUT2D eigenvalue weighted by atomic mass is 14.7. The summed E-state index contributed by atoms with van der Waals surface area (Å²) in [6.07, 6.45) is 0. The van der Waals surface area contributed by atoms with Crippen LogP contribution in [0.1, 0.15) is 33.9 Å². The van der Waals surface area contributed by atoms with Crippen molar-refractivity contribution >= 4 is 0 Å². The molecule has 0 aliphatic heterocycles. The van der Waals surface area contributed by atoms with Crippen LogP contribution in [-0.4, -0.2) is 0 Å². The molecule has 2 aromatic rings. The number of benzene rings is 2. The number of hydrogen-bond acceptors (Lipinski definition) is 1. The van der Waals surface area contributed by atoms with Gasteiger partial charge in [-0.25, -0.2) is 0 Å². The molecule has 2 N–H and O–H groups in total. The summed E-state index contributed by atoms with van der Waals surface area (Å²) in [6.45, 7) is 6.53. The molecule has 0 heterocycles. The number of rotatable bonds is 0.